The smallest absolute Gasteiger partial charge is 0.306 e. The van der Waals surface area contributed by atoms with Crippen molar-refractivity contribution in [2.24, 2.45) is 0 Å². The van der Waals surface area contributed by atoms with Crippen LogP contribution in [0.25, 0.3) is 0 Å². The second kappa shape index (κ2) is 30.4. The molecule has 0 heterocycles. The Morgan fingerprint density at radius 1 is 0.630 bits per heavy atom. The molecule has 0 N–H and O–H groups in total. The van der Waals surface area contributed by atoms with E-state index in [2.05, 4.69) is 26.0 Å². The van der Waals surface area contributed by atoms with E-state index in [1.165, 1.54) is 77.0 Å². The largest absolute Gasteiger partial charge is 0.544 e. The summed E-state index contributed by atoms with van der Waals surface area (Å²) in [4.78, 5) is 36.4. The second-order valence-electron chi connectivity index (χ2n) is 13.8. The van der Waals surface area contributed by atoms with Gasteiger partial charge in [0.15, 0.2) is 6.10 Å². The van der Waals surface area contributed by atoms with E-state index in [0.29, 0.717) is 12.8 Å². The van der Waals surface area contributed by atoms with Crippen LogP contribution in [0.1, 0.15) is 162 Å². The molecule has 0 aliphatic heterocycles. The first-order valence-electron chi connectivity index (χ1n) is 18.7. The molecule has 0 aliphatic carbocycles. The van der Waals surface area contributed by atoms with Crippen LogP contribution in [0, 0.1) is 0 Å². The highest BCUT2D eigenvalue weighted by atomic mass is 16.6. The maximum absolute atomic E-state index is 12.6. The SMILES string of the molecule is CCCCCCCCC/C=C\CCCCCCCC(=O)OC(COCCC(C(=O)[O-])[N+](C)(C)C)COC(=O)CCCCCCCC. The van der Waals surface area contributed by atoms with E-state index >= 15 is 0 Å². The van der Waals surface area contributed by atoms with Crippen molar-refractivity contribution in [2.45, 2.75) is 174 Å². The van der Waals surface area contributed by atoms with Gasteiger partial charge in [0.25, 0.3) is 0 Å². The van der Waals surface area contributed by atoms with Gasteiger partial charge in [-0.2, -0.15) is 0 Å². The zero-order valence-electron chi connectivity index (χ0n) is 30.5. The van der Waals surface area contributed by atoms with Crippen LogP contribution < -0.4 is 5.11 Å². The highest BCUT2D eigenvalue weighted by Crippen LogP contribution is 2.13. The highest BCUT2D eigenvalue weighted by molar-refractivity contribution is 5.70. The molecule has 46 heavy (non-hydrogen) atoms. The van der Waals surface area contributed by atoms with Gasteiger partial charge in [-0.1, -0.05) is 116 Å². The molecule has 270 valence electrons. The van der Waals surface area contributed by atoms with Crippen molar-refractivity contribution >= 4 is 17.9 Å². The Hall–Kier alpha value is -1.93. The Labute approximate surface area is 282 Å². The summed E-state index contributed by atoms with van der Waals surface area (Å²) >= 11 is 0. The fraction of sp³-hybridized carbons (Fsp3) is 0.868. The van der Waals surface area contributed by atoms with E-state index in [9.17, 15) is 19.5 Å². The third-order valence-corrected chi connectivity index (χ3v) is 8.40. The lowest BCUT2D eigenvalue weighted by Crippen LogP contribution is -2.55. The maximum atomic E-state index is 12.6. The number of esters is 2. The number of carbonyl (C=O) groups is 3. The quantitative estimate of drug-likeness (QED) is 0.0308. The van der Waals surface area contributed by atoms with E-state index in [1.54, 1.807) is 21.1 Å². The lowest BCUT2D eigenvalue weighted by atomic mass is 10.1. The molecule has 2 atom stereocenters. The number of quaternary nitrogens is 1. The molecular formula is C38H71NO7. The number of carboxylic acids is 1. The van der Waals surface area contributed by atoms with Gasteiger partial charge < -0.3 is 28.6 Å². The Balaban J connectivity index is 4.34. The molecule has 8 nitrogen and oxygen atoms in total. The fourth-order valence-electron chi connectivity index (χ4n) is 5.42. The minimum atomic E-state index is -1.13. The average Bonchev–Trinajstić information content (AvgIpc) is 3.00. The molecule has 0 rings (SSSR count). The molecule has 0 fully saturated rings. The van der Waals surface area contributed by atoms with Gasteiger partial charge in [-0.3, -0.25) is 9.59 Å². The van der Waals surface area contributed by atoms with Gasteiger partial charge in [-0.25, -0.2) is 0 Å². The lowest BCUT2D eigenvalue weighted by molar-refractivity contribution is -0.889. The van der Waals surface area contributed by atoms with Crippen molar-refractivity contribution in [1.82, 2.24) is 0 Å². The summed E-state index contributed by atoms with van der Waals surface area (Å²) in [7, 11) is 5.39. The van der Waals surface area contributed by atoms with Crippen LogP contribution in [-0.4, -0.2) is 75.5 Å². The van der Waals surface area contributed by atoms with Crippen LogP contribution in [0.4, 0.5) is 0 Å². The Bertz CT molecular complexity index is 778. The Morgan fingerprint density at radius 3 is 1.57 bits per heavy atom. The molecule has 0 aromatic heterocycles. The molecule has 0 aromatic carbocycles. The standard InChI is InChI=1S/C38H71NO7/c1-6-8-10-12-14-15-16-17-18-19-20-21-22-23-25-27-29-37(41)46-34(32-44-31-30-35(38(42)43)39(3,4)5)33-45-36(40)28-26-24-13-11-9-7-2/h18-19,34-35H,6-17,20-33H2,1-5H3/b19-18-. The van der Waals surface area contributed by atoms with Crippen LogP contribution >= 0.6 is 0 Å². The summed E-state index contributed by atoms with van der Waals surface area (Å²) in [6, 6.07) is -0.720. The summed E-state index contributed by atoms with van der Waals surface area (Å²) in [6.07, 6.45) is 28.3. The third-order valence-electron chi connectivity index (χ3n) is 8.40. The molecule has 0 radical (unpaired) electrons. The molecule has 2 unspecified atom stereocenters. The lowest BCUT2D eigenvalue weighted by Gasteiger charge is -2.34. The van der Waals surface area contributed by atoms with Crippen LogP contribution in [0.5, 0.6) is 0 Å². The van der Waals surface area contributed by atoms with Crippen LogP contribution in [0.3, 0.4) is 0 Å². The van der Waals surface area contributed by atoms with Gasteiger partial charge in [0.05, 0.1) is 40.3 Å². The van der Waals surface area contributed by atoms with Gasteiger partial charge in [0, 0.05) is 19.3 Å². The average molecular weight is 654 g/mol. The van der Waals surface area contributed by atoms with E-state index in [0.717, 1.165) is 51.4 Å². The van der Waals surface area contributed by atoms with Crippen molar-refractivity contribution in [1.29, 1.82) is 0 Å². The Kier molecular flexibility index (Phi) is 29.1. The minimum Gasteiger partial charge on any atom is -0.544 e. The summed E-state index contributed by atoms with van der Waals surface area (Å²) in [5, 5.41) is 11.5. The van der Waals surface area contributed by atoms with Gasteiger partial charge in [-0.05, 0) is 38.5 Å². The first kappa shape index (κ1) is 44.1. The number of likely N-dealkylation sites (N-methyl/N-ethyl adjacent to an activating group) is 1. The van der Waals surface area contributed by atoms with Crippen molar-refractivity contribution in [2.75, 3.05) is 41.0 Å². The number of hydrogen-bond donors (Lipinski definition) is 0. The summed E-state index contributed by atoms with van der Waals surface area (Å²) in [5.41, 5.74) is 0. The van der Waals surface area contributed by atoms with Crippen LogP contribution in [-0.2, 0) is 28.6 Å². The number of carbonyl (C=O) groups excluding carboxylic acids is 3. The number of ether oxygens (including phenoxy) is 3. The van der Waals surface area contributed by atoms with E-state index in [4.69, 9.17) is 14.2 Å². The number of aliphatic carboxylic acids is 1. The van der Waals surface area contributed by atoms with Gasteiger partial charge in [0.2, 0.25) is 0 Å². The highest BCUT2D eigenvalue weighted by Gasteiger charge is 2.25. The minimum absolute atomic E-state index is 0.0411. The molecular weight excluding hydrogens is 582 g/mol. The predicted octanol–water partition coefficient (Wildman–Crippen LogP) is 7.85. The van der Waals surface area contributed by atoms with Crippen LogP contribution in [0.15, 0.2) is 12.2 Å². The number of hydrogen-bond acceptors (Lipinski definition) is 7. The number of carboxylic acid groups (broad SMARTS) is 1. The molecule has 0 bridgehead atoms. The number of allylic oxidation sites excluding steroid dienone is 2. The fourth-order valence-corrected chi connectivity index (χ4v) is 5.42. The number of rotatable bonds is 33. The predicted molar refractivity (Wildman–Crippen MR) is 185 cm³/mol. The van der Waals surface area contributed by atoms with Crippen LogP contribution in [0.2, 0.25) is 0 Å². The summed E-state index contributed by atoms with van der Waals surface area (Å²) in [5.74, 6) is -1.75. The van der Waals surface area contributed by atoms with E-state index in [1.807, 2.05) is 0 Å². The van der Waals surface area contributed by atoms with E-state index < -0.39 is 18.1 Å². The van der Waals surface area contributed by atoms with Crippen molar-refractivity contribution in [3.8, 4) is 0 Å². The zero-order chi connectivity index (χ0) is 34.3. The van der Waals surface area contributed by atoms with Gasteiger partial charge >= 0.3 is 11.9 Å². The maximum Gasteiger partial charge on any atom is 0.306 e. The monoisotopic (exact) mass is 654 g/mol. The molecule has 0 saturated heterocycles. The zero-order valence-corrected chi connectivity index (χ0v) is 30.5. The first-order valence-corrected chi connectivity index (χ1v) is 18.7. The summed E-state index contributed by atoms with van der Waals surface area (Å²) in [6.45, 7) is 4.58. The van der Waals surface area contributed by atoms with Crippen molar-refractivity contribution in [3.05, 3.63) is 12.2 Å². The molecule has 0 aliphatic rings. The molecule has 0 saturated carbocycles. The van der Waals surface area contributed by atoms with Gasteiger partial charge in [0.1, 0.15) is 12.6 Å². The second-order valence-corrected chi connectivity index (χ2v) is 13.8. The number of unbranched alkanes of at least 4 members (excludes halogenated alkanes) is 17. The number of nitrogens with zero attached hydrogens (tertiary/aromatic N) is 1. The molecule has 8 heteroatoms. The molecule has 0 aromatic rings. The molecule has 0 amide bonds. The summed E-state index contributed by atoms with van der Waals surface area (Å²) < 4.78 is 17.0. The topological polar surface area (TPSA) is 102 Å². The Morgan fingerprint density at radius 2 is 1.09 bits per heavy atom. The molecule has 0 spiro atoms. The third kappa shape index (κ3) is 28.3. The van der Waals surface area contributed by atoms with E-state index in [-0.39, 0.29) is 42.7 Å². The first-order chi connectivity index (χ1) is 22.1. The van der Waals surface area contributed by atoms with Crippen molar-refractivity contribution in [3.63, 3.8) is 0 Å². The van der Waals surface area contributed by atoms with Crippen molar-refractivity contribution < 1.29 is 38.2 Å². The van der Waals surface area contributed by atoms with Gasteiger partial charge in [-0.15, -0.1) is 0 Å². The normalized spacial score (nSPS) is 13.2.